The van der Waals surface area contributed by atoms with Gasteiger partial charge in [0, 0.05) is 19.8 Å². The van der Waals surface area contributed by atoms with Gasteiger partial charge in [0.2, 0.25) is 0 Å². The van der Waals surface area contributed by atoms with Gasteiger partial charge in [-0.1, -0.05) is 32.6 Å². The second kappa shape index (κ2) is 12.1. The lowest BCUT2D eigenvalue weighted by molar-refractivity contribution is -0.141. The molecule has 16 heavy (non-hydrogen) atoms. The van der Waals surface area contributed by atoms with Crippen LogP contribution in [0.15, 0.2) is 0 Å². The van der Waals surface area contributed by atoms with Gasteiger partial charge in [0.1, 0.15) is 0 Å². The maximum absolute atomic E-state index is 10.5. The topological polar surface area (TPSA) is 26.3 Å². The monoisotopic (exact) mass is 224 g/mol. The smallest absolute Gasteiger partial charge is 0.302 e. The highest BCUT2D eigenvalue weighted by molar-refractivity contribution is 5.65. The maximum atomic E-state index is 10.5. The summed E-state index contributed by atoms with van der Waals surface area (Å²) in [4.78, 5) is 10.5. The molecule has 0 fully saturated rings. The highest BCUT2D eigenvalue weighted by Gasteiger charge is 1.93. The maximum Gasteiger partial charge on any atom is 0.302 e. The summed E-state index contributed by atoms with van der Waals surface area (Å²) < 4.78 is 4.86. The van der Waals surface area contributed by atoms with E-state index in [9.17, 15) is 4.79 Å². The van der Waals surface area contributed by atoms with E-state index < -0.39 is 0 Å². The summed E-state index contributed by atoms with van der Waals surface area (Å²) in [5.74, 6) is 6.06. The van der Waals surface area contributed by atoms with Gasteiger partial charge in [0.05, 0.1) is 6.61 Å². The van der Waals surface area contributed by atoms with E-state index in [1.54, 1.807) is 0 Å². The first kappa shape index (κ1) is 15.0. The number of esters is 1. The summed E-state index contributed by atoms with van der Waals surface area (Å²) in [5.41, 5.74) is 0. The van der Waals surface area contributed by atoms with Crippen molar-refractivity contribution in [2.75, 3.05) is 6.61 Å². The molecule has 0 amide bonds. The molecule has 0 unspecified atom stereocenters. The summed E-state index contributed by atoms with van der Waals surface area (Å²) in [6, 6.07) is 0. The molecule has 0 saturated carbocycles. The molecule has 0 aromatic carbocycles. The third-order valence-electron chi connectivity index (χ3n) is 2.30. The molecule has 92 valence electrons. The van der Waals surface area contributed by atoms with Crippen LogP contribution in [0.2, 0.25) is 0 Å². The van der Waals surface area contributed by atoms with E-state index in [1.165, 1.54) is 32.6 Å². The van der Waals surface area contributed by atoms with Gasteiger partial charge in [-0.15, -0.1) is 11.8 Å². The summed E-state index contributed by atoms with van der Waals surface area (Å²) in [5, 5.41) is 0. The number of carbonyl (C=O) groups is 1. The Morgan fingerprint density at radius 1 is 1.00 bits per heavy atom. The normalized spacial score (nSPS) is 9.38. The van der Waals surface area contributed by atoms with E-state index in [4.69, 9.17) is 4.74 Å². The van der Waals surface area contributed by atoms with Crippen molar-refractivity contribution in [3.63, 3.8) is 0 Å². The van der Waals surface area contributed by atoms with Crippen molar-refractivity contribution in [3.8, 4) is 11.8 Å². The molecule has 0 heterocycles. The van der Waals surface area contributed by atoms with Crippen LogP contribution in [0.4, 0.5) is 0 Å². The van der Waals surface area contributed by atoms with Gasteiger partial charge >= 0.3 is 5.97 Å². The first-order valence-electron chi connectivity index (χ1n) is 6.36. The molecule has 0 atom stereocenters. The van der Waals surface area contributed by atoms with Crippen molar-refractivity contribution < 1.29 is 9.53 Å². The van der Waals surface area contributed by atoms with Crippen molar-refractivity contribution >= 4 is 5.97 Å². The SMILES string of the molecule is CCC#CCCCCCCCCOC(C)=O. The number of carbonyl (C=O) groups excluding carboxylic acids is 1. The number of rotatable bonds is 8. The average Bonchev–Trinajstić information content (AvgIpc) is 2.25. The quantitative estimate of drug-likeness (QED) is 0.357. The number of ether oxygens (including phenoxy) is 1. The van der Waals surface area contributed by atoms with Gasteiger partial charge in [-0.25, -0.2) is 0 Å². The number of unbranched alkanes of at least 4 members (excludes halogenated alkanes) is 6. The highest BCUT2D eigenvalue weighted by Crippen LogP contribution is 2.06. The minimum Gasteiger partial charge on any atom is -0.466 e. The van der Waals surface area contributed by atoms with E-state index >= 15 is 0 Å². The Kier molecular flexibility index (Phi) is 11.4. The minimum absolute atomic E-state index is 0.172. The van der Waals surface area contributed by atoms with E-state index in [0.717, 1.165) is 25.7 Å². The first-order valence-corrected chi connectivity index (χ1v) is 6.36. The Bertz CT molecular complexity index is 223. The summed E-state index contributed by atoms with van der Waals surface area (Å²) >= 11 is 0. The van der Waals surface area contributed by atoms with Crippen molar-refractivity contribution in [2.45, 2.75) is 65.2 Å². The molecule has 2 nitrogen and oxygen atoms in total. The van der Waals surface area contributed by atoms with E-state index in [2.05, 4.69) is 18.8 Å². The minimum atomic E-state index is -0.172. The zero-order valence-electron chi connectivity index (χ0n) is 10.7. The Hall–Kier alpha value is -0.970. The largest absolute Gasteiger partial charge is 0.466 e. The van der Waals surface area contributed by atoms with Gasteiger partial charge in [-0.05, 0) is 12.8 Å². The Balaban J connectivity index is 3.01. The second-order valence-corrected chi connectivity index (χ2v) is 3.92. The van der Waals surface area contributed by atoms with Gasteiger partial charge in [-0.2, -0.15) is 0 Å². The predicted molar refractivity (Wildman–Crippen MR) is 67.0 cm³/mol. The van der Waals surface area contributed by atoms with Crippen LogP contribution in [0.25, 0.3) is 0 Å². The fraction of sp³-hybridized carbons (Fsp3) is 0.786. The lowest BCUT2D eigenvalue weighted by atomic mass is 10.1. The molecular formula is C14H24O2. The summed E-state index contributed by atoms with van der Waals surface area (Å²) in [6.45, 7) is 4.12. The van der Waals surface area contributed by atoms with Crippen LogP contribution in [0.3, 0.4) is 0 Å². The van der Waals surface area contributed by atoms with E-state index in [-0.39, 0.29) is 5.97 Å². The van der Waals surface area contributed by atoms with Crippen LogP contribution in [0.1, 0.15) is 65.2 Å². The van der Waals surface area contributed by atoms with Gasteiger partial charge < -0.3 is 4.74 Å². The van der Waals surface area contributed by atoms with Crippen molar-refractivity contribution in [2.24, 2.45) is 0 Å². The Labute approximate surface area is 99.8 Å². The van der Waals surface area contributed by atoms with Gasteiger partial charge in [-0.3, -0.25) is 4.79 Å². The molecule has 0 saturated heterocycles. The van der Waals surface area contributed by atoms with Crippen LogP contribution >= 0.6 is 0 Å². The van der Waals surface area contributed by atoms with Crippen LogP contribution in [0, 0.1) is 11.8 Å². The second-order valence-electron chi connectivity index (χ2n) is 3.92. The molecule has 0 N–H and O–H groups in total. The van der Waals surface area contributed by atoms with Gasteiger partial charge in [0.15, 0.2) is 0 Å². The molecular weight excluding hydrogens is 200 g/mol. The summed E-state index contributed by atoms with van der Waals surface area (Å²) in [6.07, 6.45) is 9.17. The van der Waals surface area contributed by atoms with Crippen molar-refractivity contribution in [3.05, 3.63) is 0 Å². The molecule has 0 radical (unpaired) electrons. The predicted octanol–water partition coefficient (Wildman–Crippen LogP) is 3.69. The van der Waals surface area contributed by atoms with Crippen molar-refractivity contribution in [1.82, 2.24) is 0 Å². The fourth-order valence-electron chi connectivity index (χ4n) is 1.45. The molecule has 0 bridgehead atoms. The van der Waals surface area contributed by atoms with E-state index in [1.807, 2.05) is 0 Å². The van der Waals surface area contributed by atoms with Crippen molar-refractivity contribution in [1.29, 1.82) is 0 Å². The molecule has 0 aromatic heterocycles. The van der Waals surface area contributed by atoms with Crippen LogP contribution in [0.5, 0.6) is 0 Å². The molecule has 2 heteroatoms. The van der Waals surface area contributed by atoms with Crippen LogP contribution in [-0.2, 0) is 9.53 Å². The number of hydrogen-bond acceptors (Lipinski definition) is 2. The lowest BCUT2D eigenvalue weighted by Crippen LogP contribution is -1.99. The van der Waals surface area contributed by atoms with Crippen LogP contribution in [-0.4, -0.2) is 12.6 Å². The molecule has 0 aliphatic carbocycles. The fourth-order valence-corrected chi connectivity index (χ4v) is 1.45. The third kappa shape index (κ3) is 13.0. The molecule has 0 spiro atoms. The standard InChI is InChI=1S/C14H24O2/c1-3-4-5-6-7-8-9-10-11-12-13-16-14(2)15/h3,6-13H2,1-2H3. The Morgan fingerprint density at radius 3 is 2.25 bits per heavy atom. The molecule has 0 aromatic rings. The third-order valence-corrected chi connectivity index (χ3v) is 2.30. The van der Waals surface area contributed by atoms with Crippen LogP contribution < -0.4 is 0 Å². The zero-order valence-corrected chi connectivity index (χ0v) is 10.7. The summed E-state index contributed by atoms with van der Waals surface area (Å²) in [7, 11) is 0. The first-order chi connectivity index (χ1) is 7.77. The Morgan fingerprint density at radius 2 is 1.62 bits per heavy atom. The molecule has 0 aliphatic rings. The molecule has 0 aliphatic heterocycles. The zero-order chi connectivity index (χ0) is 12.1. The number of hydrogen-bond donors (Lipinski definition) is 0. The average molecular weight is 224 g/mol. The highest BCUT2D eigenvalue weighted by atomic mass is 16.5. The lowest BCUT2D eigenvalue weighted by Gasteiger charge is -2.01. The van der Waals surface area contributed by atoms with E-state index in [0.29, 0.717) is 6.61 Å². The molecule has 0 rings (SSSR count). The van der Waals surface area contributed by atoms with Gasteiger partial charge in [0.25, 0.3) is 0 Å².